The highest BCUT2D eigenvalue weighted by Gasteiger charge is 2.13. The van der Waals surface area contributed by atoms with Gasteiger partial charge in [-0.1, -0.05) is 29.8 Å². The third-order valence-corrected chi connectivity index (χ3v) is 5.22. The van der Waals surface area contributed by atoms with Gasteiger partial charge in [0.1, 0.15) is 11.6 Å². The van der Waals surface area contributed by atoms with E-state index in [1.54, 1.807) is 24.3 Å². The second-order valence-electron chi connectivity index (χ2n) is 6.68. The van der Waals surface area contributed by atoms with Crippen molar-refractivity contribution in [2.45, 2.75) is 26.2 Å². The molecular weight excluding hydrogens is 358 g/mol. The van der Waals surface area contributed by atoms with Gasteiger partial charge in [-0.25, -0.2) is 0 Å². The number of carbonyl (C=O) groups is 1. The zero-order chi connectivity index (χ0) is 19.2. The first-order valence-electron chi connectivity index (χ1n) is 9.12. The van der Waals surface area contributed by atoms with Gasteiger partial charge in [0.2, 0.25) is 0 Å². The fourth-order valence-electron chi connectivity index (χ4n) is 3.18. The van der Waals surface area contributed by atoms with E-state index in [1.165, 1.54) is 24.9 Å². The molecule has 3 rings (SSSR count). The molecule has 2 aromatic carbocycles. The van der Waals surface area contributed by atoms with Crippen LogP contribution in [0.2, 0.25) is 5.02 Å². The molecule has 1 amide bonds. The maximum Gasteiger partial charge on any atom is 0.266 e. The Hall–Kier alpha value is -2.77. The lowest BCUT2D eigenvalue weighted by atomic mass is 10.1. The van der Waals surface area contributed by atoms with Crippen molar-refractivity contribution in [1.82, 2.24) is 0 Å². The molecule has 27 heavy (non-hydrogen) atoms. The molecule has 0 aliphatic carbocycles. The number of benzene rings is 2. The molecule has 5 heteroatoms. The van der Waals surface area contributed by atoms with Crippen molar-refractivity contribution in [2.75, 3.05) is 23.3 Å². The van der Waals surface area contributed by atoms with Crippen molar-refractivity contribution in [2.24, 2.45) is 0 Å². The van der Waals surface area contributed by atoms with Crippen LogP contribution >= 0.6 is 11.6 Å². The fourth-order valence-corrected chi connectivity index (χ4v) is 3.36. The molecule has 0 atom stereocenters. The highest BCUT2D eigenvalue weighted by atomic mass is 35.5. The van der Waals surface area contributed by atoms with Crippen molar-refractivity contribution in [3.8, 4) is 6.07 Å². The molecule has 0 bridgehead atoms. The quantitative estimate of drug-likeness (QED) is 0.587. The summed E-state index contributed by atoms with van der Waals surface area (Å²) in [7, 11) is 0. The predicted molar refractivity (Wildman–Crippen MR) is 111 cm³/mol. The molecule has 4 nitrogen and oxygen atoms in total. The second kappa shape index (κ2) is 8.75. The number of nitrogens with one attached hydrogen (secondary N) is 1. The lowest BCUT2D eigenvalue weighted by Crippen LogP contribution is -2.29. The first kappa shape index (κ1) is 19.0. The number of nitrogens with zero attached hydrogens (tertiary/aromatic N) is 2. The lowest BCUT2D eigenvalue weighted by Gasteiger charge is -2.28. The van der Waals surface area contributed by atoms with Crippen molar-refractivity contribution in [1.29, 1.82) is 5.26 Å². The topological polar surface area (TPSA) is 56.1 Å². The van der Waals surface area contributed by atoms with E-state index in [2.05, 4.69) is 10.2 Å². The molecule has 1 N–H and O–H groups in total. The molecule has 2 aromatic rings. The van der Waals surface area contributed by atoms with Crippen molar-refractivity contribution in [3.05, 3.63) is 64.2 Å². The van der Waals surface area contributed by atoms with E-state index in [1.807, 2.05) is 37.3 Å². The lowest BCUT2D eigenvalue weighted by molar-refractivity contribution is -0.112. The van der Waals surface area contributed by atoms with E-state index >= 15 is 0 Å². The van der Waals surface area contributed by atoms with E-state index in [0.717, 1.165) is 24.2 Å². The SMILES string of the molecule is Cc1c(Cl)cccc1NC(=O)/C(C#N)=C/c1ccc(N2CCCCC2)cc1. The van der Waals surface area contributed by atoms with E-state index in [4.69, 9.17) is 11.6 Å². The Kier molecular flexibility index (Phi) is 6.16. The van der Waals surface area contributed by atoms with Crippen LogP contribution in [0.1, 0.15) is 30.4 Å². The summed E-state index contributed by atoms with van der Waals surface area (Å²) in [6, 6.07) is 15.3. The van der Waals surface area contributed by atoms with Crippen LogP contribution in [0.5, 0.6) is 0 Å². The van der Waals surface area contributed by atoms with Crippen LogP contribution in [0.4, 0.5) is 11.4 Å². The van der Waals surface area contributed by atoms with Gasteiger partial charge in [-0.2, -0.15) is 5.26 Å². The number of carbonyl (C=O) groups excluding carboxylic acids is 1. The minimum Gasteiger partial charge on any atom is -0.372 e. The summed E-state index contributed by atoms with van der Waals surface area (Å²) < 4.78 is 0. The Balaban J connectivity index is 1.74. The minimum atomic E-state index is -0.442. The molecule has 0 unspecified atom stereocenters. The Morgan fingerprint density at radius 1 is 1.15 bits per heavy atom. The van der Waals surface area contributed by atoms with E-state index in [0.29, 0.717) is 10.7 Å². The van der Waals surface area contributed by atoms with Gasteiger partial charge in [0, 0.05) is 29.5 Å². The molecular formula is C22H22ClN3O. The molecule has 1 aliphatic heterocycles. The van der Waals surface area contributed by atoms with Gasteiger partial charge >= 0.3 is 0 Å². The summed E-state index contributed by atoms with van der Waals surface area (Å²) in [5.41, 5.74) is 3.44. The standard InChI is InChI=1S/C22H22ClN3O/c1-16-20(23)6-5-7-21(16)25-22(27)18(15-24)14-17-8-10-19(11-9-17)26-12-3-2-4-13-26/h5-11,14H,2-4,12-13H2,1H3,(H,25,27)/b18-14+. The Morgan fingerprint density at radius 2 is 1.85 bits per heavy atom. The third kappa shape index (κ3) is 4.69. The summed E-state index contributed by atoms with van der Waals surface area (Å²) in [5, 5.41) is 12.7. The van der Waals surface area contributed by atoms with Crippen LogP contribution in [-0.2, 0) is 4.79 Å². The second-order valence-corrected chi connectivity index (χ2v) is 7.08. The van der Waals surface area contributed by atoms with Gasteiger partial charge in [0.25, 0.3) is 5.91 Å². The third-order valence-electron chi connectivity index (χ3n) is 4.81. The monoisotopic (exact) mass is 379 g/mol. The number of anilines is 2. The molecule has 1 saturated heterocycles. The summed E-state index contributed by atoms with van der Waals surface area (Å²) >= 11 is 6.08. The van der Waals surface area contributed by atoms with Crippen molar-refractivity contribution >= 4 is 35.0 Å². The minimum absolute atomic E-state index is 0.0556. The van der Waals surface area contributed by atoms with Crippen LogP contribution in [0.3, 0.4) is 0 Å². The number of piperidine rings is 1. The maximum atomic E-state index is 12.5. The number of hydrogen-bond acceptors (Lipinski definition) is 3. The predicted octanol–water partition coefficient (Wildman–Crippen LogP) is 5.18. The van der Waals surface area contributed by atoms with Crippen LogP contribution in [-0.4, -0.2) is 19.0 Å². The van der Waals surface area contributed by atoms with Crippen LogP contribution in [0, 0.1) is 18.3 Å². The molecule has 1 aliphatic rings. The molecule has 0 spiro atoms. The van der Waals surface area contributed by atoms with E-state index in [9.17, 15) is 10.1 Å². The fraction of sp³-hybridized carbons (Fsp3) is 0.273. The summed E-state index contributed by atoms with van der Waals surface area (Å²) in [5.74, 6) is -0.442. The highest BCUT2D eigenvalue weighted by molar-refractivity contribution is 6.31. The smallest absolute Gasteiger partial charge is 0.266 e. The zero-order valence-electron chi connectivity index (χ0n) is 15.3. The Bertz CT molecular complexity index is 891. The summed E-state index contributed by atoms with van der Waals surface area (Å²) in [6.07, 6.45) is 5.35. The molecule has 0 saturated carbocycles. The average Bonchev–Trinajstić information content (AvgIpc) is 2.70. The van der Waals surface area contributed by atoms with Crippen LogP contribution < -0.4 is 10.2 Å². The van der Waals surface area contributed by atoms with Gasteiger partial charge in [0.05, 0.1) is 0 Å². The largest absolute Gasteiger partial charge is 0.372 e. The van der Waals surface area contributed by atoms with Gasteiger partial charge in [-0.05, 0) is 67.7 Å². The number of halogens is 1. The number of hydrogen-bond donors (Lipinski definition) is 1. The number of amides is 1. The van der Waals surface area contributed by atoms with Gasteiger partial charge in [0.15, 0.2) is 0 Å². The maximum absolute atomic E-state index is 12.5. The number of rotatable bonds is 4. The molecule has 1 heterocycles. The highest BCUT2D eigenvalue weighted by Crippen LogP contribution is 2.24. The Morgan fingerprint density at radius 3 is 2.52 bits per heavy atom. The molecule has 1 fully saturated rings. The van der Waals surface area contributed by atoms with Crippen molar-refractivity contribution in [3.63, 3.8) is 0 Å². The normalized spacial score (nSPS) is 14.6. The molecule has 138 valence electrons. The Labute approximate surface area is 165 Å². The van der Waals surface area contributed by atoms with Crippen molar-refractivity contribution < 1.29 is 4.79 Å². The molecule has 0 radical (unpaired) electrons. The number of nitriles is 1. The van der Waals surface area contributed by atoms with Gasteiger partial charge in [-0.3, -0.25) is 4.79 Å². The first-order valence-corrected chi connectivity index (χ1v) is 9.49. The summed E-state index contributed by atoms with van der Waals surface area (Å²) in [4.78, 5) is 14.8. The van der Waals surface area contributed by atoms with E-state index < -0.39 is 5.91 Å². The van der Waals surface area contributed by atoms with Gasteiger partial charge in [-0.15, -0.1) is 0 Å². The van der Waals surface area contributed by atoms with Gasteiger partial charge < -0.3 is 10.2 Å². The first-order chi connectivity index (χ1) is 13.1. The molecule has 0 aromatic heterocycles. The van der Waals surface area contributed by atoms with Crippen LogP contribution in [0.15, 0.2) is 48.0 Å². The average molecular weight is 380 g/mol. The summed E-state index contributed by atoms with van der Waals surface area (Å²) in [6.45, 7) is 3.99. The van der Waals surface area contributed by atoms with Crippen LogP contribution in [0.25, 0.3) is 6.08 Å². The zero-order valence-corrected chi connectivity index (χ0v) is 16.1. The van der Waals surface area contributed by atoms with E-state index in [-0.39, 0.29) is 5.57 Å².